The molecule has 2 aromatic heterocycles. The number of nitrogens with zero attached hydrogens (tertiary/aromatic N) is 5. The standard InChI is InChI=1S/C21H16ClFN6O/c1-13(20-4-2-3-7-24-20)26-21(30)15-8-14(18-6-5-16(22)11-19(18)23)9-17(10-15)29-12-25-27-28-29/h2-13H,1H3,(H,26,30). The van der Waals surface area contributed by atoms with Crippen molar-refractivity contribution in [1.29, 1.82) is 0 Å². The fourth-order valence-electron chi connectivity index (χ4n) is 3.02. The van der Waals surface area contributed by atoms with Gasteiger partial charge in [0.2, 0.25) is 0 Å². The summed E-state index contributed by atoms with van der Waals surface area (Å²) in [5.41, 5.74) is 2.37. The van der Waals surface area contributed by atoms with Crippen molar-refractivity contribution >= 4 is 17.5 Å². The number of benzene rings is 2. The van der Waals surface area contributed by atoms with Gasteiger partial charge in [0.1, 0.15) is 12.1 Å². The predicted molar refractivity (Wildman–Crippen MR) is 110 cm³/mol. The summed E-state index contributed by atoms with van der Waals surface area (Å²) in [5, 5.41) is 14.3. The van der Waals surface area contributed by atoms with E-state index in [0.717, 1.165) is 5.69 Å². The van der Waals surface area contributed by atoms with Crippen molar-refractivity contribution in [3.8, 4) is 16.8 Å². The van der Waals surface area contributed by atoms with Crippen molar-refractivity contribution in [2.45, 2.75) is 13.0 Å². The van der Waals surface area contributed by atoms with Crippen LogP contribution in [-0.2, 0) is 0 Å². The number of hydrogen-bond donors (Lipinski definition) is 1. The highest BCUT2D eigenvalue weighted by molar-refractivity contribution is 6.30. The number of nitrogens with one attached hydrogen (secondary N) is 1. The Labute approximate surface area is 176 Å². The summed E-state index contributed by atoms with van der Waals surface area (Å²) in [6.07, 6.45) is 3.06. The Hall–Kier alpha value is -3.65. The Morgan fingerprint density at radius 1 is 1.17 bits per heavy atom. The predicted octanol–water partition coefficient (Wildman–Crippen LogP) is 4.01. The fourth-order valence-corrected chi connectivity index (χ4v) is 3.18. The van der Waals surface area contributed by atoms with Gasteiger partial charge in [0.05, 0.1) is 17.4 Å². The lowest BCUT2D eigenvalue weighted by Crippen LogP contribution is -2.27. The van der Waals surface area contributed by atoms with E-state index in [1.165, 1.54) is 17.1 Å². The molecule has 0 bridgehead atoms. The van der Waals surface area contributed by atoms with E-state index in [0.29, 0.717) is 22.4 Å². The molecule has 1 unspecified atom stereocenters. The van der Waals surface area contributed by atoms with Gasteiger partial charge in [0.15, 0.2) is 0 Å². The molecular formula is C21H16ClFN6O. The third-order valence-corrected chi connectivity index (χ3v) is 4.75. The normalized spacial score (nSPS) is 11.8. The van der Waals surface area contributed by atoms with Crippen LogP contribution in [0.1, 0.15) is 29.0 Å². The minimum Gasteiger partial charge on any atom is -0.344 e. The van der Waals surface area contributed by atoms with Gasteiger partial charge in [-0.25, -0.2) is 9.07 Å². The first-order chi connectivity index (χ1) is 14.5. The van der Waals surface area contributed by atoms with Gasteiger partial charge < -0.3 is 5.32 Å². The van der Waals surface area contributed by atoms with E-state index in [1.807, 2.05) is 19.1 Å². The third-order valence-electron chi connectivity index (χ3n) is 4.51. The molecule has 0 aliphatic heterocycles. The van der Waals surface area contributed by atoms with Gasteiger partial charge in [-0.2, -0.15) is 0 Å². The first kappa shape index (κ1) is 19.7. The Bertz CT molecular complexity index is 1180. The van der Waals surface area contributed by atoms with Crippen molar-refractivity contribution in [3.63, 3.8) is 0 Å². The number of amides is 1. The number of halogens is 2. The lowest BCUT2D eigenvalue weighted by molar-refractivity contribution is 0.0939. The van der Waals surface area contributed by atoms with Crippen LogP contribution in [0.15, 0.2) is 67.1 Å². The summed E-state index contributed by atoms with van der Waals surface area (Å²) in [7, 11) is 0. The molecule has 4 aromatic rings. The average Bonchev–Trinajstić information content (AvgIpc) is 3.29. The largest absolute Gasteiger partial charge is 0.344 e. The molecule has 0 saturated heterocycles. The molecular weight excluding hydrogens is 407 g/mol. The molecule has 9 heteroatoms. The van der Waals surface area contributed by atoms with Crippen LogP contribution < -0.4 is 5.32 Å². The van der Waals surface area contributed by atoms with Crippen LogP contribution in [0.3, 0.4) is 0 Å². The molecule has 0 aliphatic carbocycles. The van der Waals surface area contributed by atoms with Crippen LogP contribution in [-0.4, -0.2) is 31.1 Å². The van der Waals surface area contributed by atoms with Crippen LogP contribution in [0.4, 0.5) is 4.39 Å². The summed E-state index contributed by atoms with van der Waals surface area (Å²) in [5.74, 6) is -0.830. The van der Waals surface area contributed by atoms with Gasteiger partial charge in [-0.15, -0.1) is 5.10 Å². The van der Waals surface area contributed by atoms with Crippen molar-refractivity contribution in [2.75, 3.05) is 0 Å². The Kier molecular flexibility index (Phi) is 5.49. The van der Waals surface area contributed by atoms with Gasteiger partial charge in [0.25, 0.3) is 5.91 Å². The second-order valence-electron chi connectivity index (χ2n) is 6.60. The molecule has 0 saturated carbocycles. The van der Waals surface area contributed by atoms with E-state index in [4.69, 9.17) is 11.6 Å². The summed E-state index contributed by atoms with van der Waals surface area (Å²) < 4.78 is 15.9. The van der Waals surface area contributed by atoms with Gasteiger partial charge in [0, 0.05) is 22.3 Å². The molecule has 1 N–H and O–H groups in total. The zero-order chi connectivity index (χ0) is 21.1. The van der Waals surface area contributed by atoms with Crippen molar-refractivity contribution in [1.82, 2.24) is 30.5 Å². The highest BCUT2D eigenvalue weighted by Crippen LogP contribution is 2.28. The lowest BCUT2D eigenvalue weighted by atomic mass is 10.0. The second kappa shape index (κ2) is 8.38. The zero-order valence-corrected chi connectivity index (χ0v) is 16.6. The van der Waals surface area contributed by atoms with Crippen LogP contribution in [0, 0.1) is 5.82 Å². The second-order valence-corrected chi connectivity index (χ2v) is 7.03. The molecule has 1 amide bonds. The number of tetrazole rings is 1. The SMILES string of the molecule is CC(NC(=O)c1cc(-c2ccc(Cl)cc2F)cc(-n2cnnn2)c1)c1ccccn1. The molecule has 150 valence electrons. The van der Waals surface area contributed by atoms with Gasteiger partial charge in [-0.1, -0.05) is 17.7 Å². The Morgan fingerprint density at radius 2 is 2.03 bits per heavy atom. The van der Waals surface area contributed by atoms with Crippen LogP contribution >= 0.6 is 11.6 Å². The molecule has 0 aliphatic rings. The quantitative estimate of drug-likeness (QED) is 0.525. The van der Waals surface area contributed by atoms with Crippen LogP contribution in [0.5, 0.6) is 0 Å². The first-order valence-electron chi connectivity index (χ1n) is 9.07. The number of carbonyl (C=O) groups is 1. The fraction of sp³-hybridized carbons (Fsp3) is 0.0952. The third kappa shape index (κ3) is 4.18. The Balaban J connectivity index is 1.73. The van der Waals surface area contributed by atoms with E-state index in [1.54, 1.807) is 42.6 Å². The molecule has 30 heavy (non-hydrogen) atoms. The average molecular weight is 423 g/mol. The van der Waals surface area contributed by atoms with E-state index in [2.05, 4.69) is 25.8 Å². The van der Waals surface area contributed by atoms with E-state index in [9.17, 15) is 9.18 Å². The number of pyridine rings is 1. The number of aromatic nitrogens is 5. The van der Waals surface area contributed by atoms with E-state index >= 15 is 0 Å². The number of carbonyl (C=O) groups excluding carboxylic acids is 1. The molecule has 1 atom stereocenters. The zero-order valence-electron chi connectivity index (χ0n) is 15.8. The highest BCUT2D eigenvalue weighted by atomic mass is 35.5. The maximum absolute atomic E-state index is 14.5. The van der Waals surface area contributed by atoms with Crippen molar-refractivity contribution in [2.24, 2.45) is 0 Å². The molecule has 4 rings (SSSR count). The smallest absolute Gasteiger partial charge is 0.251 e. The monoisotopic (exact) mass is 422 g/mol. The molecule has 7 nitrogen and oxygen atoms in total. The molecule has 2 heterocycles. The minimum absolute atomic E-state index is 0.287. The van der Waals surface area contributed by atoms with Crippen molar-refractivity contribution in [3.05, 3.63) is 89.2 Å². The molecule has 0 fully saturated rings. The van der Waals surface area contributed by atoms with Gasteiger partial charge >= 0.3 is 0 Å². The van der Waals surface area contributed by atoms with Gasteiger partial charge in [-0.3, -0.25) is 9.78 Å². The van der Waals surface area contributed by atoms with Crippen molar-refractivity contribution < 1.29 is 9.18 Å². The molecule has 0 radical (unpaired) electrons. The van der Waals surface area contributed by atoms with Crippen LogP contribution in [0.2, 0.25) is 5.02 Å². The van der Waals surface area contributed by atoms with Gasteiger partial charge in [-0.05, 0) is 71.4 Å². The summed E-state index contributed by atoms with van der Waals surface area (Å²) in [6, 6.07) is 14.5. The van der Waals surface area contributed by atoms with E-state index in [-0.39, 0.29) is 17.0 Å². The molecule has 2 aromatic carbocycles. The summed E-state index contributed by atoms with van der Waals surface area (Å²) in [6.45, 7) is 1.84. The molecule has 0 spiro atoms. The lowest BCUT2D eigenvalue weighted by Gasteiger charge is -2.15. The summed E-state index contributed by atoms with van der Waals surface area (Å²) >= 11 is 5.87. The topological polar surface area (TPSA) is 85.6 Å². The Morgan fingerprint density at radius 3 is 2.73 bits per heavy atom. The maximum Gasteiger partial charge on any atom is 0.251 e. The first-order valence-corrected chi connectivity index (χ1v) is 9.45. The highest BCUT2D eigenvalue weighted by Gasteiger charge is 2.16. The minimum atomic E-state index is -0.496. The number of rotatable bonds is 5. The number of hydrogen-bond acceptors (Lipinski definition) is 5. The van der Waals surface area contributed by atoms with E-state index < -0.39 is 5.82 Å². The maximum atomic E-state index is 14.5. The van der Waals surface area contributed by atoms with Crippen LogP contribution in [0.25, 0.3) is 16.8 Å². The summed E-state index contributed by atoms with van der Waals surface area (Å²) in [4.78, 5) is 17.2.